The minimum absolute atomic E-state index is 0.0703. The molecule has 0 bridgehead atoms. The van der Waals surface area contributed by atoms with Gasteiger partial charge in [-0.05, 0) is 31.4 Å². The number of pyridine rings is 1. The number of allylic oxidation sites excluding steroid dienone is 1. The smallest absolute Gasteiger partial charge is 0.131 e. The Balaban J connectivity index is 2.65. The van der Waals surface area contributed by atoms with Gasteiger partial charge in [-0.15, -0.1) is 0 Å². The fourth-order valence-corrected chi connectivity index (χ4v) is 2.78. The molecule has 2 rings (SSSR count). The van der Waals surface area contributed by atoms with Crippen molar-refractivity contribution in [2.45, 2.75) is 39.5 Å². The average molecular weight is 323 g/mol. The summed E-state index contributed by atoms with van der Waals surface area (Å²) < 4.78 is 0. The van der Waals surface area contributed by atoms with E-state index in [4.69, 9.17) is 0 Å². The quantitative estimate of drug-likeness (QED) is 0.630. The van der Waals surface area contributed by atoms with E-state index in [-0.39, 0.29) is 11.5 Å². The second kappa shape index (κ2) is 7.82. The van der Waals surface area contributed by atoms with Crippen molar-refractivity contribution in [2.24, 2.45) is 0 Å². The highest BCUT2D eigenvalue weighted by molar-refractivity contribution is 5.83. The molecule has 1 heterocycles. The van der Waals surface area contributed by atoms with E-state index < -0.39 is 0 Å². The molecular weight excluding hydrogens is 298 g/mol. The Morgan fingerprint density at radius 2 is 1.92 bits per heavy atom. The summed E-state index contributed by atoms with van der Waals surface area (Å²) in [6.07, 6.45) is 9.81. The third kappa shape index (κ3) is 3.51. The number of hydrogen-bond donors (Lipinski definition) is 2. The zero-order valence-corrected chi connectivity index (χ0v) is 14.5. The molecule has 1 aromatic heterocycles. The van der Waals surface area contributed by atoms with Gasteiger partial charge in [0.05, 0.1) is 0 Å². The zero-order chi connectivity index (χ0) is 17.7. The van der Waals surface area contributed by atoms with Gasteiger partial charge >= 0.3 is 0 Å². The van der Waals surface area contributed by atoms with Crippen molar-refractivity contribution in [1.82, 2.24) is 4.98 Å². The van der Waals surface area contributed by atoms with Crippen LogP contribution in [0.1, 0.15) is 49.3 Å². The van der Waals surface area contributed by atoms with Gasteiger partial charge in [0.15, 0.2) is 0 Å². The van der Waals surface area contributed by atoms with E-state index in [2.05, 4.69) is 31.1 Å². The van der Waals surface area contributed by atoms with Crippen molar-refractivity contribution in [2.75, 3.05) is 0 Å². The summed E-state index contributed by atoms with van der Waals surface area (Å²) in [6, 6.07) is 3.80. The number of hydrogen-bond acceptors (Lipinski definition) is 3. The van der Waals surface area contributed by atoms with Crippen LogP contribution in [0.25, 0.3) is 18.7 Å². The molecule has 3 nitrogen and oxygen atoms in total. The summed E-state index contributed by atoms with van der Waals surface area (Å²) in [5, 5.41) is 21.8. The fourth-order valence-electron chi connectivity index (χ4n) is 2.78. The maximum atomic E-state index is 10.6. The van der Waals surface area contributed by atoms with Crippen molar-refractivity contribution in [3.63, 3.8) is 0 Å². The molecule has 3 heteroatoms. The van der Waals surface area contributed by atoms with Crippen LogP contribution in [-0.4, -0.2) is 15.2 Å². The monoisotopic (exact) mass is 323 g/mol. The van der Waals surface area contributed by atoms with Gasteiger partial charge < -0.3 is 10.2 Å². The molecule has 0 saturated carbocycles. The third-order valence-electron chi connectivity index (χ3n) is 4.32. The van der Waals surface area contributed by atoms with Crippen molar-refractivity contribution in [3.05, 3.63) is 57.7 Å². The molecule has 2 N–H and O–H groups in total. The summed E-state index contributed by atoms with van der Waals surface area (Å²) in [5.74, 6) is 0.150. The summed E-state index contributed by atoms with van der Waals surface area (Å²) >= 11 is 0. The lowest BCUT2D eigenvalue weighted by Crippen LogP contribution is -2.18. The van der Waals surface area contributed by atoms with Crippen LogP contribution in [0.15, 0.2) is 30.6 Å². The van der Waals surface area contributed by atoms with Crippen LogP contribution in [0.4, 0.5) is 0 Å². The fraction of sp³-hybridized carbons (Fsp3) is 0.286. The van der Waals surface area contributed by atoms with E-state index >= 15 is 0 Å². The molecule has 24 heavy (non-hydrogen) atoms. The summed E-state index contributed by atoms with van der Waals surface area (Å²) in [6.45, 7) is 11.8. The molecule has 0 saturated heterocycles. The highest BCUT2D eigenvalue weighted by Gasteiger charge is 2.16. The van der Waals surface area contributed by atoms with Crippen molar-refractivity contribution < 1.29 is 10.2 Å². The molecule has 126 valence electrons. The number of benzene rings is 1. The largest absolute Gasteiger partial charge is 0.507 e. The summed E-state index contributed by atoms with van der Waals surface area (Å²) in [4.78, 5) is 4.18. The van der Waals surface area contributed by atoms with Crippen molar-refractivity contribution >= 4 is 18.7 Å². The Kier molecular flexibility index (Phi) is 5.80. The van der Waals surface area contributed by atoms with Crippen LogP contribution < -0.4 is 10.4 Å². The summed E-state index contributed by atoms with van der Waals surface area (Å²) in [5.41, 5.74) is 2.81. The molecule has 0 amide bonds. The first-order valence-electron chi connectivity index (χ1n) is 8.32. The minimum Gasteiger partial charge on any atom is -0.507 e. The van der Waals surface area contributed by atoms with Gasteiger partial charge in [0.25, 0.3) is 0 Å². The van der Waals surface area contributed by atoms with Crippen LogP contribution in [0.3, 0.4) is 0 Å². The molecule has 0 atom stereocenters. The first-order valence-corrected chi connectivity index (χ1v) is 8.32. The predicted molar refractivity (Wildman–Crippen MR) is 100 cm³/mol. The van der Waals surface area contributed by atoms with Crippen LogP contribution in [0.5, 0.6) is 11.5 Å². The van der Waals surface area contributed by atoms with Gasteiger partial charge in [0.2, 0.25) is 0 Å². The Hall–Kier alpha value is -2.55. The van der Waals surface area contributed by atoms with Crippen LogP contribution in [-0.2, 0) is 0 Å². The van der Waals surface area contributed by atoms with E-state index in [0.29, 0.717) is 21.6 Å². The topological polar surface area (TPSA) is 53.4 Å². The summed E-state index contributed by atoms with van der Waals surface area (Å²) in [7, 11) is 0. The molecule has 0 spiro atoms. The lowest BCUT2D eigenvalue weighted by molar-refractivity contribution is 0.448. The lowest BCUT2D eigenvalue weighted by atomic mass is 9.92. The molecule has 1 aromatic carbocycles. The number of nitrogens with zero attached hydrogens (tertiary/aromatic N) is 1. The van der Waals surface area contributed by atoms with Gasteiger partial charge in [-0.3, -0.25) is 4.98 Å². The van der Waals surface area contributed by atoms with E-state index in [0.717, 1.165) is 36.8 Å². The van der Waals surface area contributed by atoms with Gasteiger partial charge in [0.1, 0.15) is 11.5 Å². The van der Waals surface area contributed by atoms with E-state index in [1.165, 1.54) is 0 Å². The Labute approximate surface area is 143 Å². The lowest BCUT2D eigenvalue weighted by Gasteiger charge is -2.14. The molecule has 0 aliphatic carbocycles. The number of unbranched alkanes of at least 4 members (excludes halogenated alkanes) is 3. The number of rotatable bonds is 6. The SMILES string of the molecule is C=c1c(C)c(O)c(=C)c(/C(=C/CCCCC)c2cccnc2)c1O. The minimum atomic E-state index is 0.0703. The van der Waals surface area contributed by atoms with Crippen LogP contribution in [0.2, 0.25) is 0 Å². The molecule has 0 fully saturated rings. The van der Waals surface area contributed by atoms with Crippen LogP contribution >= 0.6 is 0 Å². The second-order valence-corrected chi connectivity index (χ2v) is 6.01. The maximum Gasteiger partial charge on any atom is 0.131 e. The number of aromatic hydroxyl groups is 2. The van der Waals surface area contributed by atoms with E-state index in [9.17, 15) is 10.2 Å². The van der Waals surface area contributed by atoms with E-state index in [1.807, 2.05) is 12.1 Å². The van der Waals surface area contributed by atoms with Gasteiger partial charge in [-0.1, -0.05) is 45.1 Å². The number of phenols is 2. The van der Waals surface area contributed by atoms with Crippen molar-refractivity contribution in [1.29, 1.82) is 0 Å². The Morgan fingerprint density at radius 3 is 2.54 bits per heavy atom. The molecule has 0 aliphatic heterocycles. The first-order chi connectivity index (χ1) is 11.5. The highest BCUT2D eigenvalue weighted by Crippen LogP contribution is 2.28. The van der Waals surface area contributed by atoms with Gasteiger partial charge in [0, 0.05) is 39.5 Å². The Morgan fingerprint density at radius 1 is 1.17 bits per heavy atom. The normalized spacial score (nSPS) is 11.7. The number of phenolic OH excluding ortho intramolecular Hbond substituents is 2. The average Bonchev–Trinajstić information content (AvgIpc) is 2.61. The highest BCUT2D eigenvalue weighted by atomic mass is 16.3. The first kappa shape index (κ1) is 17.8. The molecule has 0 aliphatic rings. The standard InChI is InChI=1S/C21H25NO2/c1-5-6-7-8-11-18(17-10-9-12-22-13-17)19-16(4)20(23)14(2)15(3)21(19)24/h9-13,23-24H,3-8H2,1-2H3/b18-11+. The van der Waals surface area contributed by atoms with Gasteiger partial charge in [-0.2, -0.15) is 0 Å². The molecule has 0 radical (unpaired) electrons. The van der Waals surface area contributed by atoms with Gasteiger partial charge in [-0.25, -0.2) is 0 Å². The Bertz CT molecular complexity index is 839. The molecular formula is C21H25NO2. The molecule has 0 unspecified atom stereocenters. The van der Waals surface area contributed by atoms with Crippen molar-refractivity contribution in [3.8, 4) is 11.5 Å². The second-order valence-electron chi connectivity index (χ2n) is 6.01. The third-order valence-corrected chi connectivity index (χ3v) is 4.32. The molecule has 2 aromatic rings. The van der Waals surface area contributed by atoms with Crippen LogP contribution in [0, 0.1) is 6.92 Å². The van der Waals surface area contributed by atoms with E-state index in [1.54, 1.807) is 19.3 Å². The predicted octanol–water partition coefficient (Wildman–Crippen LogP) is 3.63. The maximum absolute atomic E-state index is 10.6. The number of aromatic nitrogens is 1. The zero-order valence-electron chi connectivity index (χ0n) is 14.5.